The van der Waals surface area contributed by atoms with Crippen molar-refractivity contribution in [2.75, 3.05) is 13.1 Å². The fraction of sp³-hybridized carbons (Fsp3) is 0.474. The molecule has 0 bridgehead atoms. The van der Waals surface area contributed by atoms with Crippen LogP contribution in [0, 0.1) is 0 Å². The molecule has 1 saturated carbocycles. The zero-order valence-corrected chi connectivity index (χ0v) is 13.0. The lowest BCUT2D eigenvalue weighted by Gasteiger charge is -2.32. The maximum atomic E-state index is 6.19. The van der Waals surface area contributed by atoms with Gasteiger partial charge in [0.15, 0.2) is 0 Å². The van der Waals surface area contributed by atoms with Crippen LogP contribution in [-0.4, -0.2) is 24.0 Å². The normalized spacial score (nSPS) is 16.5. The molecule has 0 heterocycles. The quantitative estimate of drug-likeness (QED) is 0.828. The van der Waals surface area contributed by atoms with E-state index >= 15 is 0 Å². The van der Waals surface area contributed by atoms with Gasteiger partial charge in [0.25, 0.3) is 0 Å². The molecule has 2 N–H and O–H groups in total. The van der Waals surface area contributed by atoms with E-state index in [9.17, 15) is 0 Å². The predicted molar refractivity (Wildman–Crippen MR) is 90.4 cm³/mol. The summed E-state index contributed by atoms with van der Waals surface area (Å²) in [6.45, 7) is 4.14. The highest BCUT2D eigenvalue weighted by Crippen LogP contribution is 2.36. The molecule has 2 aromatic carbocycles. The third kappa shape index (κ3) is 3.12. The van der Waals surface area contributed by atoms with Gasteiger partial charge in [0.1, 0.15) is 0 Å². The summed E-state index contributed by atoms with van der Waals surface area (Å²) >= 11 is 0. The number of nitrogens with two attached hydrogens (primary N) is 1. The first-order valence-corrected chi connectivity index (χ1v) is 8.28. The molecule has 112 valence electrons. The molecule has 0 saturated heterocycles. The van der Waals surface area contributed by atoms with Crippen LogP contribution >= 0.6 is 0 Å². The third-order valence-corrected chi connectivity index (χ3v) is 4.59. The van der Waals surface area contributed by atoms with Gasteiger partial charge in [0.2, 0.25) is 0 Å². The van der Waals surface area contributed by atoms with Gasteiger partial charge in [-0.15, -0.1) is 0 Å². The smallest absolute Gasteiger partial charge is 0.0479 e. The highest BCUT2D eigenvalue weighted by Gasteiger charge is 2.34. The molecule has 0 amide bonds. The first-order chi connectivity index (χ1) is 10.3. The monoisotopic (exact) mass is 282 g/mol. The number of unbranched alkanes of at least 4 members (excludes halogenated alkanes) is 1. The lowest BCUT2D eigenvalue weighted by Crippen LogP contribution is -2.36. The summed E-state index contributed by atoms with van der Waals surface area (Å²) in [5.74, 6) is 0. The molecule has 1 atom stereocenters. The topological polar surface area (TPSA) is 29.3 Å². The van der Waals surface area contributed by atoms with Crippen molar-refractivity contribution in [3.63, 3.8) is 0 Å². The van der Waals surface area contributed by atoms with Crippen molar-refractivity contribution in [3.05, 3.63) is 48.0 Å². The second-order valence-electron chi connectivity index (χ2n) is 6.14. The summed E-state index contributed by atoms with van der Waals surface area (Å²) in [5, 5.41) is 2.68. The van der Waals surface area contributed by atoms with Gasteiger partial charge < -0.3 is 5.73 Å². The molecular formula is C19H26N2. The maximum absolute atomic E-state index is 6.19. The van der Waals surface area contributed by atoms with E-state index in [2.05, 4.69) is 54.3 Å². The largest absolute Gasteiger partial charge is 0.329 e. The minimum atomic E-state index is 0.357. The van der Waals surface area contributed by atoms with Crippen molar-refractivity contribution in [2.45, 2.75) is 44.7 Å². The van der Waals surface area contributed by atoms with Crippen LogP contribution in [0.15, 0.2) is 42.5 Å². The predicted octanol–water partition coefficient (Wildman–Crippen LogP) is 4.10. The van der Waals surface area contributed by atoms with Gasteiger partial charge in [-0.1, -0.05) is 55.8 Å². The summed E-state index contributed by atoms with van der Waals surface area (Å²) in [6, 6.07) is 16.4. The van der Waals surface area contributed by atoms with Crippen LogP contribution in [0.2, 0.25) is 0 Å². The molecule has 1 aliphatic carbocycles. The second kappa shape index (κ2) is 6.59. The van der Waals surface area contributed by atoms with Gasteiger partial charge in [-0.25, -0.2) is 0 Å². The van der Waals surface area contributed by atoms with Crippen LogP contribution in [0.5, 0.6) is 0 Å². The zero-order chi connectivity index (χ0) is 14.7. The van der Waals surface area contributed by atoms with E-state index in [0.717, 1.165) is 6.04 Å². The molecule has 1 aliphatic rings. The summed E-state index contributed by atoms with van der Waals surface area (Å²) in [4.78, 5) is 2.66. The minimum absolute atomic E-state index is 0.357. The van der Waals surface area contributed by atoms with Crippen LogP contribution in [0.4, 0.5) is 0 Å². The Morgan fingerprint density at radius 2 is 1.90 bits per heavy atom. The van der Waals surface area contributed by atoms with E-state index in [1.54, 1.807) is 0 Å². The number of benzene rings is 2. The Bertz CT molecular complexity index is 584. The Kier molecular flexibility index (Phi) is 4.57. The number of fused-ring (bicyclic) bond motifs is 1. The molecule has 1 fully saturated rings. The van der Waals surface area contributed by atoms with Crippen LogP contribution in [0.3, 0.4) is 0 Å². The molecule has 2 nitrogen and oxygen atoms in total. The molecule has 0 spiro atoms. The Balaban J connectivity index is 1.96. The molecular weight excluding hydrogens is 256 g/mol. The van der Waals surface area contributed by atoms with Crippen molar-refractivity contribution in [2.24, 2.45) is 5.73 Å². The molecule has 0 aliphatic heterocycles. The Morgan fingerprint density at radius 3 is 2.62 bits per heavy atom. The molecule has 2 aromatic rings. The van der Waals surface area contributed by atoms with Crippen LogP contribution in [-0.2, 0) is 0 Å². The van der Waals surface area contributed by atoms with E-state index in [4.69, 9.17) is 5.73 Å². The zero-order valence-electron chi connectivity index (χ0n) is 13.0. The summed E-state index contributed by atoms with van der Waals surface area (Å²) in [5.41, 5.74) is 7.59. The Hall–Kier alpha value is -1.38. The number of hydrogen-bond acceptors (Lipinski definition) is 2. The van der Waals surface area contributed by atoms with Crippen LogP contribution < -0.4 is 5.73 Å². The van der Waals surface area contributed by atoms with Crippen molar-refractivity contribution in [1.82, 2.24) is 4.90 Å². The fourth-order valence-corrected chi connectivity index (χ4v) is 3.32. The number of nitrogens with zero attached hydrogens (tertiary/aromatic N) is 1. The van der Waals surface area contributed by atoms with Gasteiger partial charge in [0.05, 0.1) is 0 Å². The molecule has 1 unspecified atom stereocenters. The Morgan fingerprint density at radius 1 is 1.14 bits per heavy atom. The first-order valence-electron chi connectivity index (χ1n) is 8.28. The van der Waals surface area contributed by atoms with Crippen molar-refractivity contribution in [1.29, 1.82) is 0 Å². The third-order valence-electron chi connectivity index (χ3n) is 4.59. The summed E-state index contributed by atoms with van der Waals surface area (Å²) < 4.78 is 0. The molecule has 2 heteroatoms. The number of rotatable bonds is 7. The van der Waals surface area contributed by atoms with E-state index < -0.39 is 0 Å². The van der Waals surface area contributed by atoms with Gasteiger partial charge in [-0.05, 0) is 42.1 Å². The Labute approximate surface area is 127 Å². The van der Waals surface area contributed by atoms with Gasteiger partial charge >= 0.3 is 0 Å². The average molecular weight is 282 g/mol. The van der Waals surface area contributed by atoms with Crippen molar-refractivity contribution in [3.8, 4) is 0 Å². The van der Waals surface area contributed by atoms with Gasteiger partial charge in [-0.3, -0.25) is 4.90 Å². The standard InChI is InChI=1S/C19H26N2/c1-2-3-13-21(16-11-12-16)19(14-20)18-10-6-8-15-7-4-5-9-17(15)18/h4-10,16,19H,2-3,11-14,20H2,1H3. The summed E-state index contributed by atoms with van der Waals surface area (Å²) in [6.07, 6.45) is 5.18. The van der Waals surface area contributed by atoms with E-state index in [0.29, 0.717) is 12.6 Å². The lowest BCUT2D eigenvalue weighted by atomic mass is 9.97. The maximum Gasteiger partial charge on any atom is 0.0479 e. The van der Waals surface area contributed by atoms with Gasteiger partial charge in [-0.2, -0.15) is 0 Å². The minimum Gasteiger partial charge on any atom is -0.329 e. The highest BCUT2D eigenvalue weighted by molar-refractivity contribution is 5.86. The van der Waals surface area contributed by atoms with Crippen LogP contribution in [0.25, 0.3) is 10.8 Å². The molecule has 3 rings (SSSR count). The first kappa shape index (κ1) is 14.6. The SMILES string of the molecule is CCCCN(C1CC1)C(CN)c1cccc2ccccc12. The van der Waals surface area contributed by atoms with E-state index in [1.165, 1.54) is 48.6 Å². The van der Waals surface area contributed by atoms with E-state index in [1.807, 2.05) is 0 Å². The summed E-state index contributed by atoms with van der Waals surface area (Å²) in [7, 11) is 0. The van der Waals surface area contributed by atoms with E-state index in [-0.39, 0.29) is 0 Å². The number of hydrogen-bond donors (Lipinski definition) is 1. The second-order valence-corrected chi connectivity index (χ2v) is 6.14. The molecule has 21 heavy (non-hydrogen) atoms. The molecule has 0 aromatic heterocycles. The highest BCUT2D eigenvalue weighted by atomic mass is 15.2. The van der Waals surface area contributed by atoms with Crippen molar-refractivity contribution < 1.29 is 0 Å². The average Bonchev–Trinajstić information content (AvgIpc) is 3.36. The van der Waals surface area contributed by atoms with Gasteiger partial charge in [0, 0.05) is 18.6 Å². The van der Waals surface area contributed by atoms with Crippen molar-refractivity contribution >= 4 is 10.8 Å². The fourth-order valence-electron chi connectivity index (χ4n) is 3.32. The molecule has 0 radical (unpaired) electrons. The lowest BCUT2D eigenvalue weighted by molar-refractivity contribution is 0.189. The van der Waals surface area contributed by atoms with Crippen LogP contribution in [0.1, 0.15) is 44.2 Å².